The summed E-state index contributed by atoms with van der Waals surface area (Å²) in [5, 5.41) is 3.25. The highest BCUT2D eigenvalue weighted by atomic mass is 35.5. The number of nitrogens with zero attached hydrogens (tertiary/aromatic N) is 2. The van der Waals surface area contributed by atoms with Crippen LogP contribution in [-0.4, -0.2) is 62.0 Å². The van der Waals surface area contributed by atoms with Gasteiger partial charge in [-0.15, -0.1) is 12.4 Å². The summed E-state index contributed by atoms with van der Waals surface area (Å²) in [6, 6.07) is 0. The fourth-order valence-electron chi connectivity index (χ4n) is 1.93. The van der Waals surface area contributed by atoms with Gasteiger partial charge >= 0.3 is 0 Å². The van der Waals surface area contributed by atoms with Crippen LogP contribution in [0.3, 0.4) is 0 Å². The van der Waals surface area contributed by atoms with Crippen molar-refractivity contribution in [2.24, 2.45) is 5.92 Å². The molecule has 0 radical (unpaired) electrons. The molecule has 0 aromatic rings. The molecule has 0 aliphatic carbocycles. The fourth-order valence-corrected chi connectivity index (χ4v) is 1.93. The summed E-state index contributed by atoms with van der Waals surface area (Å²) >= 11 is 0. The van der Waals surface area contributed by atoms with Gasteiger partial charge in [-0.3, -0.25) is 9.69 Å². The highest BCUT2D eigenvalue weighted by molar-refractivity contribution is 5.85. The van der Waals surface area contributed by atoms with Crippen LogP contribution in [0.2, 0.25) is 0 Å². The van der Waals surface area contributed by atoms with Crippen molar-refractivity contribution >= 4 is 18.3 Å². The number of amides is 1. The van der Waals surface area contributed by atoms with Crippen molar-refractivity contribution in [1.29, 1.82) is 0 Å². The number of likely N-dealkylation sites (N-methyl/N-ethyl adjacent to an activating group) is 1. The molecule has 96 valence electrons. The van der Waals surface area contributed by atoms with E-state index in [9.17, 15) is 4.79 Å². The number of halogens is 1. The second-order valence-electron chi connectivity index (χ2n) is 4.72. The minimum Gasteiger partial charge on any atom is -0.339 e. The van der Waals surface area contributed by atoms with E-state index in [4.69, 9.17) is 0 Å². The van der Waals surface area contributed by atoms with Gasteiger partial charge in [0.15, 0.2) is 0 Å². The Morgan fingerprint density at radius 1 is 1.38 bits per heavy atom. The summed E-state index contributed by atoms with van der Waals surface area (Å²) in [4.78, 5) is 15.9. The predicted octanol–water partition coefficient (Wildman–Crippen LogP) is 0.428. The molecule has 1 saturated heterocycles. The molecule has 1 N–H and O–H groups in total. The third-order valence-electron chi connectivity index (χ3n) is 2.55. The summed E-state index contributed by atoms with van der Waals surface area (Å²) < 4.78 is 0. The first-order valence-electron chi connectivity index (χ1n) is 5.76. The molecule has 0 aromatic carbocycles. The molecule has 1 rings (SSSR count). The molecular formula is C11H24ClN3O. The van der Waals surface area contributed by atoms with Crippen LogP contribution in [0, 0.1) is 5.92 Å². The van der Waals surface area contributed by atoms with E-state index in [2.05, 4.69) is 24.1 Å². The number of piperazine rings is 1. The molecule has 1 fully saturated rings. The van der Waals surface area contributed by atoms with E-state index in [1.807, 2.05) is 11.9 Å². The van der Waals surface area contributed by atoms with E-state index < -0.39 is 0 Å². The summed E-state index contributed by atoms with van der Waals surface area (Å²) in [7, 11) is 2.01. The molecule has 0 bridgehead atoms. The number of hydrogen-bond acceptors (Lipinski definition) is 3. The van der Waals surface area contributed by atoms with Gasteiger partial charge in [0.05, 0.1) is 6.54 Å². The minimum atomic E-state index is 0. The molecule has 0 aromatic heterocycles. The van der Waals surface area contributed by atoms with Gasteiger partial charge in [0.1, 0.15) is 0 Å². The second kappa shape index (κ2) is 7.87. The van der Waals surface area contributed by atoms with Crippen molar-refractivity contribution in [2.45, 2.75) is 13.8 Å². The van der Waals surface area contributed by atoms with Crippen LogP contribution in [0.15, 0.2) is 0 Å². The lowest BCUT2D eigenvalue weighted by atomic mass is 10.2. The third-order valence-corrected chi connectivity index (χ3v) is 2.55. The second-order valence-corrected chi connectivity index (χ2v) is 4.72. The zero-order valence-electron chi connectivity index (χ0n) is 10.5. The van der Waals surface area contributed by atoms with E-state index >= 15 is 0 Å². The van der Waals surface area contributed by atoms with Crippen molar-refractivity contribution in [1.82, 2.24) is 15.1 Å². The zero-order chi connectivity index (χ0) is 11.3. The molecular weight excluding hydrogens is 226 g/mol. The quantitative estimate of drug-likeness (QED) is 0.785. The molecule has 5 heteroatoms. The van der Waals surface area contributed by atoms with E-state index in [1.165, 1.54) is 0 Å². The summed E-state index contributed by atoms with van der Waals surface area (Å²) in [5.74, 6) is 0.880. The van der Waals surface area contributed by atoms with Gasteiger partial charge in [-0.1, -0.05) is 13.8 Å². The predicted molar refractivity (Wildman–Crippen MR) is 69.0 cm³/mol. The van der Waals surface area contributed by atoms with Gasteiger partial charge in [-0.2, -0.15) is 0 Å². The molecule has 1 amide bonds. The van der Waals surface area contributed by atoms with Crippen molar-refractivity contribution in [3.8, 4) is 0 Å². The fraction of sp³-hybridized carbons (Fsp3) is 0.909. The lowest BCUT2D eigenvalue weighted by Crippen LogP contribution is -2.49. The molecule has 16 heavy (non-hydrogen) atoms. The molecule has 0 spiro atoms. The van der Waals surface area contributed by atoms with Crippen molar-refractivity contribution < 1.29 is 4.79 Å². The topological polar surface area (TPSA) is 35.6 Å². The van der Waals surface area contributed by atoms with Gasteiger partial charge in [0.2, 0.25) is 5.91 Å². The number of carbonyl (C=O) groups excluding carboxylic acids is 1. The molecule has 0 saturated carbocycles. The van der Waals surface area contributed by atoms with Gasteiger partial charge < -0.3 is 10.2 Å². The standard InChI is InChI=1S/C11H23N3O.ClH/c1-10(2)8-13(3)9-11(15)14-6-4-12-5-7-14;/h10,12H,4-9H2,1-3H3;1H. The van der Waals surface area contributed by atoms with Gasteiger partial charge in [0.25, 0.3) is 0 Å². The van der Waals surface area contributed by atoms with Crippen LogP contribution in [0.4, 0.5) is 0 Å². The van der Waals surface area contributed by atoms with Crippen molar-refractivity contribution in [2.75, 3.05) is 46.3 Å². The summed E-state index contributed by atoms with van der Waals surface area (Å²) in [5.41, 5.74) is 0. The molecule has 4 nitrogen and oxygen atoms in total. The molecule has 0 unspecified atom stereocenters. The summed E-state index contributed by atoms with van der Waals surface area (Å²) in [6.45, 7) is 9.45. The number of rotatable bonds is 4. The Morgan fingerprint density at radius 2 is 1.94 bits per heavy atom. The highest BCUT2D eigenvalue weighted by Gasteiger charge is 2.17. The normalized spacial score (nSPS) is 16.4. The van der Waals surface area contributed by atoms with E-state index in [-0.39, 0.29) is 18.3 Å². The van der Waals surface area contributed by atoms with E-state index in [0.717, 1.165) is 32.7 Å². The van der Waals surface area contributed by atoms with Gasteiger partial charge in [0, 0.05) is 32.7 Å². The lowest BCUT2D eigenvalue weighted by Gasteiger charge is -2.29. The average molecular weight is 250 g/mol. The lowest BCUT2D eigenvalue weighted by molar-refractivity contribution is -0.132. The highest BCUT2D eigenvalue weighted by Crippen LogP contribution is 1.99. The molecule has 0 atom stereocenters. The van der Waals surface area contributed by atoms with Gasteiger partial charge in [-0.25, -0.2) is 0 Å². The van der Waals surface area contributed by atoms with Crippen LogP contribution >= 0.6 is 12.4 Å². The number of carbonyl (C=O) groups is 1. The SMILES string of the molecule is CC(C)CN(C)CC(=O)N1CCNCC1.Cl. The first kappa shape index (κ1) is 15.7. The number of nitrogens with one attached hydrogen (secondary N) is 1. The maximum Gasteiger partial charge on any atom is 0.236 e. The Balaban J connectivity index is 0.00000225. The van der Waals surface area contributed by atoms with Crippen LogP contribution < -0.4 is 5.32 Å². The molecule has 1 aliphatic rings. The number of hydrogen-bond donors (Lipinski definition) is 1. The van der Waals surface area contributed by atoms with Crippen molar-refractivity contribution in [3.63, 3.8) is 0 Å². The van der Waals surface area contributed by atoms with E-state index in [0.29, 0.717) is 12.5 Å². The van der Waals surface area contributed by atoms with Gasteiger partial charge in [-0.05, 0) is 13.0 Å². The Hall–Kier alpha value is -0.320. The monoisotopic (exact) mass is 249 g/mol. The zero-order valence-corrected chi connectivity index (χ0v) is 11.3. The first-order valence-corrected chi connectivity index (χ1v) is 5.76. The molecule has 1 heterocycles. The van der Waals surface area contributed by atoms with Crippen molar-refractivity contribution in [3.05, 3.63) is 0 Å². The smallest absolute Gasteiger partial charge is 0.236 e. The molecule has 1 aliphatic heterocycles. The van der Waals surface area contributed by atoms with E-state index in [1.54, 1.807) is 0 Å². The maximum atomic E-state index is 11.8. The first-order chi connectivity index (χ1) is 7.09. The van der Waals surface area contributed by atoms with Crippen LogP contribution in [-0.2, 0) is 4.79 Å². The van der Waals surface area contributed by atoms with Crippen LogP contribution in [0.5, 0.6) is 0 Å². The largest absolute Gasteiger partial charge is 0.339 e. The Morgan fingerprint density at radius 3 is 2.44 bits per heavy atom. The van der Waals surface area contributed by atoms with Crippen LogP contribution in [0.25, 0.3) is 0 Å². The minimum absolute atomic E-state index is 0. The summed E-state index contributed by atoms with van der Waals surface area (Å²) in [6.07, 6.45) is 0. The Bertz CT molecular complexity index is 205. The third kappa shape index (κ3) is 5.68. The average Bonchev–Trinajstić information content (AvgIpc) is 2.17. The Labute approximate surface area is 105 Å². The Kier molecular flexibility index (Phi) is 7.72. The maximum absolute atomic E-state index is 11.8. The van der Waals surface area contributed by atoms with Crippen LogP contribution in [0.1, 0.15) is 13.8 Å².